The summed E-state index contributed by atoms with van der Waals surface area (Å²) in [5, 5.41) is 4.28. The van der Waals surface area contributed by atoms with Gasteiger partial charge in [-0.1, -0.05) is 28.8 Å². The van der Waals surface area contributed by atoms with Gasteiger partial charge in [0.25, 0.3) is 0 Å². The van der Waals surface area contributed by atoms with E-state index >= 15 is 0 Å². The Morgan fingerprint density at radius 1 is 1.41 bits per heavy atom. The van der Waals surface area contributed by atoms with Crippen molar-refractivity contribution in [3.05, 3.63) is 28.5 Å². The second-order valence-corrected chi connectivity index (χ2v) is 5.39. The van der Waals surface area contributed by atoms with E-state index in [-0.39, 0.29) is 5.82 Å². The highest BCUT2D eigenvalue weighted by Gasteiger charge is 2.17. The highest BCUT2D eigenvalue weighted by molar-refractivity contribution is 9.10. The smallest absolute Gasteiger partial charge is 0.149 e. The zero-order valence-corrected chi connectivity index (χ0v) is 11.4. The molecule has 0 saturated heterocycles. The molecule has 0 spiro atoms. The molecular weight excluding hydrogens is 283 g/mol. The summed E-state index contributed by atoms with van der Waals surface area (Å²) < 4.78 is 14.2. The van der Waals surface area contributed by atoms with Gasteiger partial charge in [-0.2, -0.15) is 5.10 Å². The van der Waals surface area contributed by atoms with Crippen LogP contribution in [0, 0.1) is 11.7 Å². The highest BCUT2D eigenvalue weighted by Crippen LogP contribution is 2.26. The van der Waals surface area contributed by atoms with Crippen LogP contribution in [0.1, 0.15) is 32.6 Å². The lowest BCUT2D eigenvalue weighted by atomic mass is 10.0. The van der Waals surface area contributed by atoms with Gasteiger partial charge in [-0.3, -0.25) is 5.43 Å². The Morgan fingerprint density at radius 3 is 2.76 bits per heavy atom. The Labute approximate surface area is 109 Å². The summed E-state index contributed by atoms with van der Waals surface area (Å²) >= 11 is 3.23. The first-order valence-corrected chi connectivity index (χ1v) is 6.71. The van der Waals surface area contributed by atoms with E-state index in [0.29, 0.717) is 11.6 Å². The largest absolute Gasteiger partial charge is 0.276 e. The van der Waals surface area contributed by atoms with Gasteiger partial charge >= 0.3 is 0 Å². The van der Waals surface area contributed by atoms with Crippen LogP contribution in [0.15, 0.2) is 27.8 Å². The third-order valence-corrected chi connectivity index (χ3v) is 3.72. The molecule has 1 aromatic rings. The number of anilines is 1. The summed E-state index contributed by atoms with van der Waals surface area (Å²) in [6.45, 7) is 2.01. The lowest BCUT2D eigenvalue weighted by molar-refractivity contribution is 0.629. The number of nitrogens with zero attached hydrogens (tertiary/aromatic N) is 1. The van der Waals surface area contributed by atoms with Gasteiger partial charge in [0.1, 0.15) is 5.82 Å². The van der Waals surface area contributed by atoms with E-state index in [1.807, 2.05) is 6.92 Å². The zero-order valence-electron chi connectivity index (χ0n) is 9.84. The molecule has 1 N–H and O–H groups in total. The van der Waals surface area contributed by atoms with E-state index < -0.39 is 0 Å². The monoisotopic (exact) mass is 298 g/mol. The van der Waals surface area contributed by atoms with Gasteiger partial charge in [-0.05, 0) is 43.9 Å². The van der Waals surface area contributed by atoms with Crippen molar-refractivity contribution in [2.24, 2.45) is 11.0 Å². The van der Waals surface area contributed by atoms with Gasteiger partial charge in [-0.25, -0.2) is 4.39 Å². The molecule has 17 heavy (non-hydrogen) atoms. The predicted octanol–water partition coefficient (Wildman–Crippen LogP) is 4.57. The van der Waals surface area contributed by atoms with Gasteiger partial charge in [0, 0.05) is 10.2 Å². The fourth-order valence-corrected chi connectivity index (χ4v) is 2.50. The number of rotatable bonds is 3. The number of nitrogens with one attached hydrogen (secondary N) is 1. The van der Waals surface area contributed by atoms with E-state index in [1.165, 1.54) is 31.7 Å². The first-order valence-electron chi connectivity index (χ1n) is 5.92. The number of hydrogen-bond donors (Lipinski definition) is 1. The predicted molar refractivity (Wildman–Crippen MR) is 72.8 cm³/mol. The molecule has 0 aliphatic heterocycles. The minimum atomic E-state index is -0.289. The number of benzene rings is 1. The second-order valence-electron chi connectivity index (χ2n) is 4.47. The molecule has 2 nitrogen and oxygen atoms in total. The molecule has 1 aliphatic carbocycles. The Hall–Kier alpha value is -0.900. The summed E-state index contributed by atoms with van der Waals surface area (Å²) in [6.07, 6.45) is 4.98. The van der Waals surface area contributed by atoms with Crippen LogP contribution >= 0.6 is 15.9 Å². The third-order valence-electron chi connectivity index (χ3n) is 3.23. The molecule has 92 valence electrons. The molecule has 0 unspecified atom stereocenters. The number of halogens is 2. The fourth-order valence-electron chi connectivity index (χ4n) is 2.16. The van der Waals surface area contributed by atoms with Crippen LogP contribution in [0.4, 0.5) is 10.1 Å². The molecule has 2 rings (SSSR count). The highest BCUT2D eigenvalue weighted by atomic mass is 79.9. The Bertz CT molecular complexity index is 425. The molecule has 0 bridgehead atoms. The molecule has 0 radical (unpaired) electrons. The lowest BCUT2D eigenvalue weighted by Crippen LogP contribution is -2.09. The van der Waals surface area contributed by atoms with Crippen molar-refractivity contribution in [1.82, 2.24) is 0 Å². The molecule has 0 heterocycles. The van der Waals surface area contributed by atoms with Crippen molar-refractivity contribution in [3.63, 3.8) is 0 Å². The summed E-state index contributed by atoms with van der Waals surface area (Å²) in [6, 6.07) is 4.92. The average Bonchev–Trinajstić information content (AvgIpc) is 2.81. The average molecular weight is 299 g/mol. The first-order chi connectivity index (χ1) is 8.16. The minimum absolute atomic E-state index is 0.289. The molecule has 0 amide bonds. The van der Waals surface area contributed by atoms with Crippen LogP contribution < -0.4 is 5.43 Å². The molecule has 1 saturated carbocycles. The van der Waals surface area contributed by atoms with Crippen LogP contribution in [-0.4, -0.2) is 5.71 Å². The van der Waals surface area contributed by atoms with E-state index in [0.717, 1.165) is 10.2 Å². The van der Waals surface area contributed by atoms with Crippen molar-refractivity contribution in [3.8, 4) is 0 Å². The number of hydrazone groups is 1. The zero-order chi connectivity index (χ0) is 12.3. The van der Waals surface area contributed by atoms with E-state index in [4.69, 9.17) is 0 Å². The molecular formula is C13H16BrFN2. The van der Waals surface area contributed by atoms with Gasteiger partial charge in [0.15, 0.2) is 0 Å². The maximum Gasteiger partial charge on any atom is 0.149 e. The normalized spacial score (nSPS) is 17.5. The summed E-state index contributed by atoms with van der Waals surface area (Å²) in [5.74, 6) is 0.281. The standard InChI is InChI=1S/C13H16BrFN2/c1-9(10-4-2-3-5-10)16-17-13-7-6-11(14)8-12(13)15/h6-8,10,17H,2-5H2,1H3/b16-9+. The van der Waals surface area contributed by atoms with Gasteiger partial charge in [-0.15, -0.1) is 0 Å². The molecule has 1 aliphatic rings. The lowest BCUT2D eigenvalue weighted by Gasteiger charge is -2.09. The molecule has 1 aromatic carbocycles. The van der Waals surface area contributed by atoms with Crippen molar-refractivity contribution >= 4 is 27.3 Å². The van der Waals surface area contributed by atoms with Crippen LogP contribution in [-0.2, 0) is 0 Å². The maximum atomic E-state index is 13.5. The number of hydrogen-bond acceptors (Lipinski definition) is 2. The maximum absolute atomic E-state index is 13.5. The van der Waals surface area contributed by atoms with Gasteiger partial charge in [0.05, 0.1) is 5.69 Å². The van der Waals surface area contributed by atoms with Gasteiger partial charge < -0.3 is 0 Å². The Kier molecular flexibility index (Phi) is 4.15. The SMILES string of the molecule is C/C(=N\Nc1ccc(Br)cc1F)C1CCCC1. The quantitative estimate of drug-likeness (QED) is 0.642. The van der Waals surface area contributed by atoms with Crippen molar-refractivity contribution in [2.75, 3.05) is 5.43 Å². The summed E-state index contributed by atoms with van der Waals surface area (Å²) in [4.78, 5) is 0. The van der Waals surface area contributed by atoms with Crippen molar-refractivity contribution in [1.29, 1.82) is 0 Å². The second kappa shape index (κ2) is 5.63. The Morgan fingerprint density at radius 2 is 2.12 bits per heavy atom. The van der Waals surface area contributed by atoms with Crippen molar-refractivity contribution in [2.45, 2.75) is 32.6 Å². The fraction of sp³-hybridized carbons (Fsp3) is 0.462. The van der Waals surface area contributed by atoms with Crippen LogP contribution in [0.5, 0.6) is 0 Å². The van der Waals surface area contributed by atoms with Crippen LogP contribution in [0.25, 0.3) is 0 Å². The topological polar surface area (TPSA) is 24.4 Å². The van der Waals surface area contributed by atoms with Crippen LogP contribution in [0.3, 0.4) is 0 Å². The molecule has 0 aromatic heterocycles. The first kappa shape index (κ1) is 12.6. The van der Waals surface area contributed by atoms with E-state index in [2.05, 4.69) is 26.5 Å². The van der Waals surface area contributed by atoms with E-state index in [9.17, 15) is 4.39 Å². The van der Waals surface area contributed by atoms with Gasteiger partial charge in [0.2, 0.25) is 0 Å². The summed E-state index contributed by atoms with van der Waals surface area (Å²) in [7, 11) is 0. The van der Waals surface area contributed by atoms with Crippen molar-refractivity contribution < 1.29 is 4.39 Å². The Balaban J connectivity index is 2.03. The van der Waals surface area contributed by atoms with Crippen LogP contribution in [0.2, 0.25) is 0 Å². The summed E-state index contributed by atoms with van der Waals surface area (Å²) in [5.41, 5.74) is 4.30. The molecule has 1 fully saturated rings. The molecule has 4 heteroatoms. The minimum Gasteiger partial charge on any atom is -0.276 e. The third kappa shape index (κ3) is 3.28. The van der Waals surface area contributed by atoms with E-state index in [1.54, 1.807) is 12.1 Å². The molecule has 0 atom stereocenters.